The molecule has 0 saturated carbocycles. The molecule has 1 unspecified atom stereocenters. The maximum Gasteiger partial charge on any atom is 0.270 e. The van der Waals surface area contributed by atoms with E-state index in [9.17, 15) is 66.4 Å². The van der Waals surface area contributed by atoms with Crippen LogP contribution in [0.1, 0.15) is 24.2 Å². The summed E-state index contributed by atoms with van der Waals surface area (Å²) in [5, 5.41) is 134. The van der Waals surface area contributed by atoms with Gasteiger partial charge in [-0.15, -0.1) is 0 Å². The van der Waals surface area contributed by atoms with E-state index in [1.807, 2.05) is 0 Å². The molecule has 6 rings (SSSR count). The molecule has 0 aliphatic carbocycles. The van der Waals surface area contributed by atoms with Crippen molar-refractivity contribution in [1.82, 2.24) is 0 Å². The Morgan fingerprint density at radius 2 is 1.25 bits per heavy atom. The molecule has 4 heterocycles. The lowest BCUT2D eigenvalue weighted by atomic mass is 9.98. The number of rotatable bonds is 9. The van der Waals surface area contributed by atoms with Gasteiger partial charge in [0.15, 0.2) is 23.5 Å². The summed E-state index contributed by atoms with van der Waals surface area (Å²) in [6, 6.07) is 6.05. The van der Waals surface area contributed by atoms with Crippen LogP contribution in [0.3, 0.4) is 0 Å². The summed E-state index contributed by atoms with van der Waals surface area (Å²) in [5.41, 5.74) is 0.277. The minimum absolute atomic E-state index is 0.0499. The number of hydrogen-bond acceptors (Lipinski definition) is 19. The van der Waals surface area contributed by atoms with E-state index < -0.39 is 123 Å². The van der Waals surface area contributed by atoms with Crippen LogP contribution in [0.25, 0.3) is 6.08 Å². The third kappa shape index (κ3) is 7.70. The monoisotopic (exact) mass is 759 g/mol. The first-order valence-electron chi connectivity index (χ1n) is 16.6. The first-order chi connectivity index (χ1) is 25.1. The number of fused-ring (bicyclic) bond motifs is 1. The van der Waals surface area contributed by atoms with Crippen molar-refractivity contribution >= 4 is 6.08 Å². The lowest BCUT2D eigenvalue weighted by molar-refractivity contribution is -0.325. The Labute approximate surface area is 300 Å². The van der Waals surface area contributed by atoms with Gasteiger partial charge in [0.25, 0.3) is 11.9 Å². The molecule has 0 amide bonds. The van der Waals surface area contributed by atoms with Crippen molar-refractivity contribution in [2.75, 3.05) is 13.2 Å². The first kappa shape index (κ1) is 39.1. The minimum atomic E-state index is -1.91. The number of aliphatic hydroxyl groups excluding tert-OH is 10. The fourth-order valence-electron chi connectivity index (χ4n) is 6.34. The molecule has 53 heavy (non-hydrogen) atoms. The van der Waals surface area contributed by atoms with Gasteiger partial charge in [0.1, 0.15) is 84.2 Å². The van der Waals surface area contributed by atoms with Crippen LogP contribution in [-0.4, -0.2) is 176 Å². The van der Waals surface area contributed by atoms with Gasteiger partial charge in [-0.2, -0.15) is 0 Å². The molecule has 16 atom stereocenters. The van der Waals surface area contributed by atoms with Crippen LogP contribution < -0.4 is 4.74 Å². The third-order valence-corrected chi connectivity index (χ3v) is 9.49. The van der Waals surface area contributed by atoms with Gasteiger partial charge in [-0.3, -0.25) is 0 Å². The maximum absolute atomic E-state index is 11.0. The third-order valence-electron chi connectivity index (χ3n) is 9.49. The molecule has 0 bridgehead atoms. The second-order valence-electron chi connectivity index (χ2n) is 13.2. The molecule has 0 radical (unpaired) electrons. The molecule has 3 fully saturated rings. The Kier molecular flexibility index (Phi) is 11.5. The Morgan fingerprint density at radius 3 is 1.91 bits per heavy atom. The van der Waals surface area contributed by atoms with Crippen LogP contribution in [0.2, 0.25) is 0 Å². The van der Waals surface area contributed by atoms with Crippen molar-refractivity contribution in [3.05, 3.63) is 47.2 Å². The fraction of sp³-hybridized carbons (Fsp3) is 0.576. The Balaban J connectivity index is 1.30. The highest BCUT2D eigenvalue weighted by Gasteiger charge is 2.49. The van der Waals surface area contributed by atoms with Crippen LogP contribution in [0, 0.1) is 0 Å². The predicted octanol–water partition coefficient (Wildman–Crippen LogP) is -4.01. The van der Waals surface area contributed by atoms with Gasteiger partial charge >= 0.3 is 0 Å². The molecule has 2 aromatic carbocycles. The number of aliphatic hydroxyl groups is 11. The van der Waals surface area contributed by atoms with Crippen LogP contribution in [0.4, 0.5) is 0 Å². The van der Waals surface area contributed by atoms with E-state index in [1.54, 1.807) is 0 Å². The van der Waals surface area contributed by atoms with Crippen molar-refractivity contribution < 1.29 is 99.5 Å². The quantitative estimate of drug-likeness (QED) is 0.0855. The molecule has 2 aromatic rings. The average Bonchev–Trinajstić information content (AvgIpc) is 3.13. The van der Waals surface area contributed by atoms with Crippen LogP contribution in [-0.2, 0) is 23.7 Å². The minimum Gasteiger partial charge on any atom is -0.571 e. The van der Waals surface area contributed by atoms with Gasteiger partial charge in [0, 0.05) is 12.1 Å². The standard InChI is InChI=1S/C33H42O20/c1-10-21(38)24(41)27(44)31(48-10)47-9-20-23(40)26(43)29(46)33(53-20)51-18-7-13-16(49-30(18)11-2-3-14(36)15(37)4-11)5-12(35)6-17(13)50-32-28(45)25(42)22(39)19(8-34)52-32/h2-7,10,19-46H,8-9H2,1H3/p+1/t10-,19-,20+,21-,22+,23+,24-,25-,26-,27+,28+,29+,30?,31+,32+,33+/m0/s1. The topological polar surface area (TPSA) is 331 Å². The molecule has 0 aromatic heterocycles. The number of hydrogen-bond donors (Lipinski definition) is 13. The van der Waals surface area contributed by atoms with E-state index in [0.29, 0.717) is 0 Å². The summed E-state index contributed by atoms with van der Waals surface area (Å²) < 4.78 is 38.7. The van der Waals surface area contributed by atoms with E-state index >= 15 is 0 Å². The molecule has 4 aliphatic rings. The first-order valence-corrected chi connectivity index (χ1v) is 16.6. The summed E-state index contributed by atoms with van der Waals surface area (Å²) in [6.07, 6.45) is -24.1. The molecule has 14 N–H and O–H groups in total. The van der Waals surface area contributed by atoms with Crippen molar-refractivity contribution in [2.24, 2.45) is 0 Å². The van der Waals surface area contributed by atoms with E-state index in [2.05, 4.69) is 4.74 Å². The smallest absolute Gasteiger partial charge is 0.270 e. The van der Waals surface area contributed by atoms with Crippen LogP contribution in [0.15, 0.2) is 36.1 Å². The fourth-order valence-corrected chi connectivity index (χ4v) is 6.34. The zero-order valence-electron chi connectivity index (χ0n) is 27.8. The summed E-state index contributed by atoms with van der Waals surface area (Å²) in [4.78, 5) is 0. The second kappa shape index (κ2) is 15.6. The lowest BCUT2D eigenvalue weighted by Gasteiger charge is -2.42. The summed E-state index contributed by atoms with van der Waals surface area (Å²) in [6.45, 7) is 0.102. The molecule has 0 spiro atoms. The van der Waals surface area contributed by atoms with Gasteiger partial charge in [-0.25, -0.2) is 0 Å². The van der Waals surface area contributed by atoms with Crippen molar-refractivity contribution in [3.63, 3.8) is 0 Å². The number of aromatic hydroxyl groups is 4. The number of benzene rings is 2. The second-order valence-corrected chi connectivity index (χ2v) is 13.2. The number of phenolic OH excluding ortho intramolecular Hbond substituents is 3. The van der Waals surface area contributed by atoms with E-state index in [1.165, 1.54) is 31.2 Å². The summed E-state index contributed by atoms with van der Waals surface area (Å²) in [7, 11) is 0. The molecule has 3 saturated heterocycles. The molecule has 294 valence electrons. The normalized spacial score (nSPS) is 40.1. The van der Waals surface area contributed by atoms with Crippen molar-refractivity contribution in [1.29, 1.82) is 0 Å². The highest BCUT2D eigenvalue weighted by Crippen LogP contribution is 2.47. The SMILES string of the molecule is C[C@@H]1O[C@@H](OC[C@H]2O[C@@H](OC3=Cc4c(O[C@@H]5O[C@@H](CO)[C@@H](O)[C@H](O)[C@H]5O)cc(O)cc4[OH+]C3c3ccc(O)c(O)c3)[C@H](O)[C@@H](O)[C@@H]2O)[C@H](O)[C@@H](O)[C@H]1O. The van der Waals surface area contributed by atoms with Gasteiger partial charge < -0.3 is 99.5 Å². The largest absolute Gasteiger partial charge is 0.571 e. The lowest BCUT2D eigenvalue weighted by Crippen LogP contribution is -2.61. The predicted molar refractivity (Wildman–Crippen MR) is 171 cm³/mol. The average molecular weight is 760 g/mol. The summed E-state index contributed by atoms with van der Waals surface area (Å²) in [5.74, 6) is -1.69. The molecule has 20 nitrogen and oxygen atoms in total. The molecule has 20 heteroatoms. The Hall–Kier alpha value is -3.58. The zero-order chi connectivity index (χ0) is 38.5. The van der Waals surface area contributed by atoms with E-state index in [-0.39, 0.29) is 34.1 Å². The maximum atomic E-state index is 11.0. The zero-order valence-corrected chi connectivity index (χ0v) is 27.8. The molecular weight excluding hydrogens is 716 g/mol. The molecular formula is C33H43O20+. The highest BCUT2D eigenvalue weighted by molar-refractivity contribution is 5.70. The van der Waals surface area contributed by atoms with E-state index in [4.69, 9.17) is 28.4 Å². The summed E-state index contributed by atoms with van der Waals surface area (Å²) >= 11 is 0. The van der Waals surface area contributed by atoms with Gasteiger partial charge in [0.2, 0.25) is 12.6 Å². The Bertz CT molecular complexity index is 1620. The van der Waals surface area contributed by atoms with Crippen molar-refractivity contribution in [3.8, 4) is 28.7 Å². The van der Waals surface area contributed by atoms with E-state index in [0.717, 1.165) is 12.1 Å². The molecule has 4 aliphatic heterocycles. The number of phenols is 3. The van der Waals surface area contributed by atoms with Crippen LogP contribution >= 0.6 is 0 Å². The number of ether oxygens (including phenoxy) is 7. The van der Waals surface area contributed by atoms with Crippen LogP contribution in [0.5, 0.6) is 28.7 Å². The Morgan fingerprint density at radius 1 is 0.642 bits per heavy atom. The van der Waals surface area contributed by atoms with Gasteiger partial charge in [0.05, 0.1) is 30.9 Å². The van der Waals surface area contributed by atoms with Gasteiger partial charge in [-0.05, 0) is 25.1 Å². The highest BCUT2D eigenvalue weighted by atomic mass is 16.7. The van der Waals surface area contributed by atoms with Crippen molar-refractivity contribution in [2.45, 2.75) is 105 Å². The van der Waals surface area contributed by atoms with Gasteiger partial charge in [-0.1, -0.05) is 0 Å².